The second-order valence-corrected chi connectivity index (χ2v) is 3.52. The molecule has 1 aromatic rings. The molecule has 4 heteroatoms. The smallest absolute Gasteiger partial charge is 0.252 e. The number of benzene rings is 1. The van der Waals surface area contributed by atoms with Gasteiger partial charge in [0.25, 0.3) is 5.91 Å². The number of hydrogen-bond acceptors (Lipinski definition) is 3. The Labute approximate surface area is 101 Å². The molecule has 0 saturated heterocycles. The first kappa shape index (κ1) is 13.0. The van der Waals surface area contributed by atoms with Gasteiger partial charge in [-0.1, -0.05) is 13.0 Å². The van der Waals surface area contributed by atoms with Crippen LogP contribution in [0, 0.1) is 11.3 Å². The third-order valence-corrected chi connectivity index (χ3v) is 2.28. The van der Waals surface area contributed by atoms with E-state index >= 15 is 0 Å². The number of hydrogen-bond donors (Lipinski definition) is 1. The van der Waals surface area contributed by atoms with Gasteiger partial charge in [-0.3, -0.25) is 4.79 Å². The average molecular weight is 232 g/mol. The maximum absolute atomic E-state index is 11.8. The van der Waals surface area contributed by atoms with Crippen molar-refractivity contribution in [2.24, 2.45) is 0 Å². The fraction of sp³-hybridized carbons (Fsp3) is 0.385. The minimum atomic E-state index is -0.446. The van der Waals surface area contributed by atoms with Crippen molar-refractivity contribution < 1.29 is 9.53 Å². The number of nitrogens with zero attached hydrogens (tertiary/aromatic N) is 1. The lowest BCUT2D eigenvalue weighted by molar-refractivity contribution is 0.0944. The van der Waals surface area contributed by atoms with Crippen LogP contribution in [-0.2, 0) is 0 Å². The topological polar surface area (TPSA) is 62.1 Å². The molecule has 17 heavy (non-hydrogen) atoms. The zero-order valence-electron chi connectivity index (χ0n) is 10.1. The molecule has 0 aliphatic heterocycles. The molecule has 0 heterocycles. The lowest BCUT2D eigenvalue weighted by Gasteiger charge is -2.10. The molecule has 0 aliphatic rings. The monoisotopic (exact) mass is 232 g/mol. The average Bonchev–Trinajstić information content (AvgIpc) is 2.36. The highest BCUT2D eigenvalue weighted by molar-refractivity contribution is 5.94. The number of nitrogens with one attached hydrogen (secondary N) is 1. The van der Waals surface area contributed by atoms with E-state index in [-0.39, 0.29) is 5.91 Å². The summed E-state index contributed by atoms with van der Waals surface area (Å²) < 4.78 is 5.31. The maximum Gasteiger partial charge on any atom is 0.252 e. The molecule has 1 N–H and O–H groups in total. The Bertz CT molecular complexity index is 424. The highest BCUT2D eigenvalue weighted by Gasteiger charge is 2.11. The number of carbonyl (C=O) groups excluding carboxylic acids is 1. The van der Waals surface area contributed by atoms with Gasteiger partial charge in [0.15, 0.2) is 0 Å². The molecule has 0 bridgehead atoms. The lowest BCUT2D eigenvalue weighted by atomic mass is 10.1. The first-order valence-corrected chi connectivity index (χ1v) is 5.64. The van der Waals surface area contributed by atoms with Crippen molar-refractivity contribution in [1.29, 1.82) is 5.26 Å². The highest BCUT2D eigenvalue weighted by atomic mass is 16.5. The van der Waals surface area contributed by atoms with Crippen LogP contribution < -0.4 is 10.1 Å². The summed E-state index contributed by atoms with van der Waals surface area (Å²) in [5, 5.41) is 11.4. The Kier molecular flexibility index (Phi) is 5.02. The van der Waals surface area contributed by atoms with Crippen LogP contribution in [0.4, 0.5) is 0 Å². The van der Waals surface area contributed by atoms with Gasteiger partial charge in [-0.05, 0) is 31.5 Å². The second kappa shape index (κ2) is 6.54. The molecule has 0 spiro atoms. The van der Waals surface area contributed by atoms with Crippen LogP contribution in [0.15, 0.2) is 24.3 Å². The van der Waals surface area contributed by atoms with E-state index in [0.29, 0.717) is 24.3 Å². The predicted octanol–water partition coefficient (Wildman–Crippen LogP) is 2.12. The molecule has 1 amide bonds. The number of rotatable bonds is 5. The first-order chi connectivity index (χ1) is 8.21. The third kappa shape index (κ3) is 3.80. The minimum absolute atomic E-state index is 0.250. The summed E-state index contributed by atoms with van der Waals surface area (Å²) in [5.74, 6) is 0.408. The van der Waals surface area contributed by atoms with E-state index in [1.807, 2.05) is 19.9 Å². The summed E-state index contributed by atoms with van der Waals surface area (Å²) in [4.78, 5) is 11.8. The third-order valence-electron chi connectivity index (χ3n) is 2.28. The van der Waals surface area contributed by atoms with Gasteiger partial charge >= 0.3 is 0 Å². The molecule has 0 radical (unpaired) electrons. The van der Waals surface area contributed by atoms with E-state index in [9.17, 15) is 4.79 Å². The summed E-state index contributed by atoms with van der Waals surface area (Å²) in [6.07, 6.45) is 0.591. The summed E-state index contributed by atoms with van der Waals surface area (Å²) in [6.45, 7) is 4.29. The Hall–Kier alpha value is -2.02. The van der Waals surface area contributed by atoms with Gasteiger partial charge < -0.3 is 10.1 Å². The molecule has 1 rings (SSSR count). The van der Waals surface area contributed by atoms with Gasteiger partial charge in [0, 0.05) is 5.56 Å². The van der Waals surface area contributed by atoms with Crippen molar-refractivity contribution in [3.05, 3.63) is 29.8 Å². The Morgan fingerprint density at radius 1 is 1.53 bits per heavy atom. The zero-order chi connectivity index (χ0) is 12.7. The van der Waals surface area contributed by atoms with Crippen LogP contribution >= 0.6 is 0 Å². The van der Waals surface area contributed by atoms with Gasteiger partial charge in [-0.2, -0.15) is 5.26 Å². The van der Waals surface area contributed by atoms with Crippen molar-refractivity contribution in [3.8, 4) is 11.8 Å². The van der Waals surface area contributed by atoms with Gasteiger partial charge in [-0.25, -0.2) is 0 Å². The van der Waals surface area contributed by atoms with E-state index in [0.717, 1.165) is 0 Å². The molecule has 0 fully saturated rings. The molecule has 0 saturated carbocycles. The predicted molar refractivity (Wildman–Crippen MR) is 64.8 cm³/mol. The lowest BCUT2D eigenvalue weighted by Crippen LogP contribution is -2.33. The molecule has 0 aliphatic carbocycles. The van der Waals surface area contributed by atoms with Crippen molar-refractivity contribution in [2.75, 3.05) is 6.61 Å². The maximum atomic E-state index is 11.8. The summed E-state index contributed by atoms with van der Waals surface area (Å²) in [7, 11) is 0. The van der Waals surface area contributed by atoms with Crippen molar-refractivity contribution in [2.45, 2.75) is 26.3 Å². The highest BCUT2D eigenvalue weighted by Crippen LogP contribution is 2.13. The molecular weight excluding hydrogens is 216 g/mol. The van der Waals surface area contributed by atoms with E-state index in [4.69, 9.17) is 10.00 Å². The molecule has 90 valence electrons. The molecule has 1 aromatic carbocycles. The van der Waals surface area contributed by atoms with Gasteiger partial charge in [0.2, 0.25) is 0 Å². The van der Waals surface area contributed by atoms with Crippen molar-refractivity contribution in [1.82, 2.24) is 5.32 Å². The normalized spacial score (nSPS) is 11.4. The van der Waals surface area contributed by atoms with Gasteiger partial charge in [0.05, 0.1) is 12.7 Å². The fourth-order valence-electron chi connectivity index (χ4n) is 1.36. The Morgan fingerprint density at radius 3 is 2.88 bits per heavy atom. The second-order valence-electron chi connectivity index (χ2n) is 3.52. The van der Waals surface area contributed by atoms with Crippen LogP contribution in [0.5, 0.6) is 5.75 Å². The van der Waals surface area contributed by atoms with Crippen LogP contribution in [0.2, 0.25) is 0 Å². The van der Waals surface area contributed by atoms with Crippen LogP contribution in [0.1, 0.15) is 30.6 Å². The molecule has 0 unspecified atom stereocenters. The van der Waals surface area contributed by atoms with E-state index in [1.165, 1.54) is 0 Å². The SMILES string of the molecule is CCOc1cccc(C(=O)N[C@@H](C#N)CC)c1. The number of amides is 1. The molecule has 1 atom stereocenters. The Balaban J connectivity index is 2.75. The molecule has 0 aromatic heterocycles. The Morgan fingerprint density at radius 2 is 2.29 bits per heavy atom. The minimum Gasteiger partial charge on any atom is -0.494 e. The number of nitriles is 1. The quantitative estimate of drug-likeness (QED) is 0.845. The van der Waals surface area contributed by atoms with Gasteiger partial charge in [0.1, 0.15) is 11.8 Å². The largest absolute Gasteiger partial charge is 0.494 e. The molecule has 4 nitrogen and oxygen atoms in total. The van der Waals surface area contributed by atoms with E-state index in [2.05, 4.69) is 5.32 Å². The number of ether oxygens (including phenoxy) is 1. The fourth-order valence-corrected chi connectivity index (χ4v) is 1.36. The van der Waals surface area contributed by atoms with Crippen molar-refractivity contribution >= 4 is 5.91 Å². The van der Waals surface area contributed by atoms with Crippen LogP contribution in [-0.4, -0.2) is 18.6 Å². The first-order valence-electron chi connectivity index (χ1n) is 5.64. The summed E-state index contributed by atoms with van der Waals surface area (Å²) >= 11 is 0. The summed E-state index contributed by atoms with van der Waals surface area (Å²) in [5.41, 5.74) is 0.504. The van der Waals surface area contributed by atoms with Gasteiger partial charge in [-0.15, -0.1) is 0 Å². The number of carbonyl (C=O) groups is 1. The van der Waals surface area contributed by atoms with Crippen LogP contribution in [0.3, 0.4) is 0 Å². The standard InChI is InChI=1S/C13H16N2O2/c1-3-11(9-14)15-13(16)10-6-5-7-12(8-10)17-4-2/h5-8,11H,3-4H2,1-2H3,(H,15,16)/t11-/m1/s1. The zero-order valence-corrected chi connectivity index (χ0v) is 10.1. The van der Waals surface area contributed by atoms with E-state index < -0.39 is 6.04 Å². The summed E-state index contributed by atoms with van der Waals surface area (Å²) in [6, 6.07) is 8.50. The van der Waals surface area contributed by atoms with Crippen LogP contribution in [0.25, 0.3) is 0 Å². The molecular formula is C13H16N2O2. The van der Waals surface area contributed by atoms with Crippen molar-refractivity contribution in [3.63, 3.8) is 0 Å². The van der Waals surface area contributed by atoms with E-state index in [1.54, 1.807) is 24.3 Å².